The molecular formula is C17H24N2O3. The molecule has 1 N–H and O–H groups in total. The number of fused-ring (bicyclic) bond motifs is 1. The molecule has 0 unspecified atom stereocenters. The molecule has 5 heteroatoms. The van der Waals surface area contributed by atoms with Crippen LogP contribution in [0.1, 0.15) is 25.3 Å². The Morgan fingerprint density at radius 3 is 2.95 bits per heavy atom. The molecule has 1 aromatic rings. The van der Waals surface area contributed by atoms with Crippen LogP contribution in [0.4, 0.5) is 0 Å². The van der Waals surface area contributed by atoms with Crippen LogP contribution in [0.2, 0.25) is 0 Å². The topological polar surface area (TPSA) is 50.8 Å². The van der Waals surface area contributed by atoms with Crippen molar-refractivity contribution in [2.75, 3.05) is 32.8 Å². The van der Waals surface area contributed by atoms with Gasteiger partial charge in [0.25, 0.3) is 0 Å². The summed E-state index contributed by atoms with van der Waals surface area (Å²) < 4.78 is 11.2. The number of likely N-dealkylation sites (tertiary alicyclic amines) is 1. The molecular weight excluding hydrogens is 280 g/mol. The summed E-state index contributed by atoms with van der Waals surface area (Å²) in [6.07, 6.45) is 2.38. The van der Waals surface area contributed by atoms with Gasteiger partial charge in [-0.15, -0.1) is 0 Å². The molecule has 0 aliphatic carbocycles. The highest BCUT2D eigenvalue weighted by atomic mass is 16.6. The van der Waals surface area contributed by atoms with Crippen molar-refractivity contribution in [3.05, 3.63) is 23.8 Å². The SMILES string of the molecule is CC(=O)NC[C@@H]1CCCN(Cc2ccc3c(c2)OCCO3)C1. The first-order valence-corrected chi connectivity index (χ1v) is 8.06. The highest BCUT2D eigenvalue weighted by molar-refractivity contribution is 5.72. The Morgan fingerprint density at radius 1 is 1.32 bits per heavy atom. The number of hydrogen-bond donors (Lipinski definition) is 1. The molecule has 0 radical (unpaired) electrons. The minimum atomic E-state index is 0.0592. The fraction of sp³-hybridized carbons (Fsp3) is 0.588. The second-order valence-electron chi connectivity index (χ2n) is 6.16. The molecule has 1 fully saturated rings. The molecule has 0 bridgehead atoms. The number of amides is 1. The normalized spacial score (nSPS) is 21.4. The molecule has 1 atom stereocenters. The molecule has 1 amide bonds. The molecule has 22 heavy (non-hydrogen) atoms. The van der Waals surface area contributed by atoms with E-state index >= 15 is 0 Å². The number of nitrogens with zero attached hydrogens (tertiary/aromatic N) is 1. The van der Waals surface area contributed by atoms with Gasteiger partial charge in [-0.05, 0) is 43.0 Å². The van der Waals surface area contributed by atoms with E-state index in [9.17, 15) is 4.79 Å². The maximum Gasteiger partial charge on any atom is 0.216 e. The Kier molecular flexibility index (Phi) is 4.83. The van der Waals surface area contributed by atoms with Crippen LogP contribution in [0.3, 0.4) is 0 Å². The smallest absolute Gasteiger partial charge is 0.216 e. The largest absolute Gasteiger partial charge is 0.486 e. The lowest BCUT2D eigenvalue weighted by atomic mass is 9.97. The zero-order valence-corrected chi connectivity index (χ0v) is 13.1. The molecule has 0 spiro atoms. The van der Waals surface area contributed by atoms with Crippen LogP contribution in [-0.2, 0) is 11.3 Å². The van der Waals surface area contributed by atoms with Gasteiger partial charge in [-0.25, -0.2) is 0 Å². The molecule has 5 nitrogen and oxygen atoms in total. The quantitative estimate of drug-likeness (QED) is 0.921. The van der Waals surface area contributed by atoms with E-state index in [1.165, 1.54) is 18.4 Å². The van der Waals surface area contributed by atoms with Gasteiger partial charge < -0.3 is 14.8 Å². The summed E-state index contributed by atoms with van der Waals surface area (Å²) in [5.74, 6) is 2.31. The van der Waals surface area contributed by atoms with E-state index < -0.39 is 0 Å². The molecule has 1 aromatic carbocycles. The predicted octanol–water partition coefficient (Wildman–Crippen LogP) is 1.81. The van der Waals surface area contributed by atoms with Crippen molar-refractivity contribution in [1.82, 2.24) is 10.2 Å². The molecule has 2 aliphatic rings. The molecule has 1 saturated heterocycles. The van der Waals surface area contributed by atoms with Gasteiger partial charge in [0.1, 0.15) is 13.2 Å². The molecule has 120 valence electrons. The zero-order valence-electron chi connectivity index (χ0n) is 13.1. The summed E-state index contributed by atoms with van der Waals surface area (Å²) in [5, 5.41) is 2.94. The lowest BCUT2D eigenvalue weighted by Gasteiger charge is -2.33. The minimum absolute atomic E-state index is 0.0592. The predicted molar refractivity (Wildman–Crippen MR) is 84.1 cm³/mol. The fourth-order valence-corrected chi connectivity index (χ4v) is 3.19. The highest BCUT2D eigenvalue weighted by Crippen LogP contribution is 2.31. The van der Waals surface area contributed by atoms with E-state index in [0.29, 0.717) is 19.1 Å². The number of hydrogen-bond acceptors (Lipinski definition) is 4. The summed E-state index contributed by atoms with van der Waals surface area (Å²) in [5.41, 5.74) is 1.25. The zero-order chi connectivity index (χ0) is 15.4. The van der Waals surface area contributed by atoms with Gasteiger partial charge in [-0.3, -0.25) is 9.69 Å². The summed E-state index contributed by atoms with van der Waals surface area (Å²) in [4.78, 5) is 13.5. The van der Waals surface area contributed by atoms with Gasteiger partial charge >= 0.3 is 0 Å². The number of ether oxygens (including phenoxy) is 2. The molecule has 0 aromatic heterocycles. The van der Waals surface area contributed by atoms with Crippen LogP contribution in [-0.4, -0.2) is 43.7 Å². The van der Waals surface area contributed by atoms with E-state index in [1.807, 2.05) is 6.07 Å². The van der Waals surface area contributed by atoms with Crippen molar-refractivity contribution >= 4 is 5.91 Å². The van der Waals surface area contributed by atoms with Crippen LogP contribution in [0.15, 0.2) is 18.2 Å². The van der Waals surface area contributed by atoms with E-state index in [0.717, 1.165) is 37.7 Å². The highest BCUT2D eigenvalue weighted by Gasteiger charge is 2.21. The Balaban J connectivity index is 1.57. The first-order valence-electron chi connectivity index (χ1n) is 8.06. The Morgan fingerprint density at radius 2 is 2.14 bits per heavy atom. The number of carbonyl (C=O) groups excluding carboxylic acids is 1. The third-order valence-electron chi connectivity index (χ3n) is 4.26. The molecule has 0 saturated carbocycles. The van der Waals surface area contributed by atoms with E-state index in [4.69, 9.17) is 9.47 Å². The van der Waals surface area contributed by atoms with Gasteiger partial charge in [0, 0.05) is 26.6 Å². The maximum absolute atomic E-state index is 11.0. The third kappa shape index (κ3) is 3.91. The Bertz CT molecular complexity index is 533. The average Bonchev–Trinajstić information content (AvgIpc) is 2.53. The van der Waals surface area contributed by atoms with E-state index in [2.05, 4.69) is 22.3 Å². The Labute approximate surface area is 131 Å². The number of benzene rings is 1. The standard InChI is InChI=1S/C17H24N2O3/c1-13(20)18-10-15-3-2-6-19(12-15)11-14-4-5-16-17(9-14)22-8-7-21-16/h4-5,9,15H,2-3,6-8,10-12H2,1H3,(H,18,20)/t15-/m0/s1. The van der Waals surface area contributed by atoms with Crippen molar-refractivity contribution in [3.8, 4) is 11.5 Å². The second kappa shape index (κ2) is 7.01. The van der Waals surface area contributed by atoms with Crippen molar-refractivity contribution in [1.29, 1.82) is 0 Å². The van der Waals surface area contributed by atoms with Crippen molar-refractivity contribution in [2.24, 2.45) is 5.92 Å². The van der Waals surface area contributed by atoms with Crippen LogP contribution in [0.5, 0.6) is 11.5 Å². The first kappa shape index (κ1) is 15.2. The van der Waals surface area contributed by atoms with Crippen LogP contribution in [0.25, 0.3) is 0 Å². The molecule has 2 heterocycles. The third-order valence-corrected chi connectivity index (χ3v) is 4.26. The summed E-state index contributed by atoms with van der Waals surface area (Å²) in [6.45, 7) is 6.69. The lowest BCUT2D eigenvalue weighted by Crippen LogP contribution is -2.40. The fourth-order valence-electron chi connectivity index (χ4n) is 3.19. The van der Waals surface area contributed by atoms with E-state index in [-0.39, 0.29) is 5.91 Å². The van der Waals surface area contributed by atoms with Gasteiger partial charge in [-0.1, -0.05) is 6.07 Å². The van der Waals surface area contributed by atoms with E-state index in [1.54, 1.807) is 6.92 Å². The van der Waals surface area contributed by atoms with Crippen LogP contribution in [0, 0.1) is 5.92 Å². The summed E-state index contributed by atoms with van der Waals surface area (Å²) in [6, 6.07) is 6.21. The molecule has 3 rings (SSSR count). The van der Waals surface area contributed by atoms with Gasteiger partial charge in [0.2, 0.25) is 5.91 Å². The van der Waals surface area contributed by atoms with Crippen molar-refractivity contribution < 1.29 is 14.3 Å². The number of nitrogens with one attached hydrogen (secondary N) is 1. The Hall–Kier alpha value is -1.75. The monoisotopic (exact) mass is 304 g/mol. The van der Waals surface area contributed by atoms with Crippen LogP contribution >= 0.6 is 0 Å². The lowest BCUT2D eigenvalue weighted by molar-refractivity contribution is -0.119. The first-order chi connectivity index (χ1) is 10.7. The average molecular weight is 304 g/mol. The maximum atomic E-state index is 11.0. The van der Waals surface area contributed by atoms with Gasteiger partial charge in [-0.2, -0.15) is 0 Å². The molecule has 2 aliphatic heterocycles. The van der Waals surface area contributed by atoms with Crippen LogP contribution < -0.4 is 14.8 Å². The second-order valence-corrected chi connectivity index (χ2v) is 6.16. The van der Waals surface area contributed by atoms with Gasteiger partial charge in [0.15, 0.2) is 11.5 Å². The number of carbonyl (C=O) groups is 1. The summed E-state index contributed by atoms with van der Waals surface area (Å²) in [7, 11) is 0. The van der Waals surface area contributed by atoms with Crippen molar-refractivity contribution in [2.45, 2.75) is 26.3 Å². The van der Waals surface area contributed by atoms with Gasteiger partial charge in [0.05, 0.1) is 0 Å². The van der Waals surface area contributed by atoms with Crippen molar-refractivity contribution in [3.63, 3.8) is 0 Å². The summed E-state index contributed by atoms with van der Waals surface area (Å²) >= 11 is 0. The number of rotatable bonds is 4. The number of piperidine rings is 1. The minimum Gasteiger partial charge on any atom is -0.486 e.